The van der Waals surface area contributed by atoms with Gasteiger partial charge in [-0.3, -0.25) is 14.0 Å². The van der Waals surface area contributed by atoms with E-state index in [0.29, 0.717) is 47.2 Å². The van der Waals surface area contributed by atoms with Crippen molar-refractivity contribution in [3.05, 3.63) is 54.0 Å². The summed E-state index contributed by atoms with van der Waals surface area (Å²) in [6.45, 7) is 5.82. The number of carbonyl (C=O) groups excluding carboxylic acids is 2. The molecule has 27 heavy (non-hydrogen) atoms. The van der Waals surface area contributed by atoms with Gasteiger partial charge < -0.3 is 15.4 Å². The van der Waals surface area contributed by atoms with Crippen LogP contribution in [0.5, 0.6) is 5.75 Å². The number of benzene rings is 1. The highest BCUT2D eigenvalue weighted by atomic mass is 16.5. The second kappa shape index (κ2) is 7.90. The van der Waals surface area contributed by atoms with E-state index in [2.05, 4.69) is 15.6 Å². The van der Waals surface area contributed by atoms with E-state index in [0.717, 1.165) is 0 Å². The van der Waals surface area contributed by atoms with Gasteiger partial charge in [-0.25, -0.2) is 4.98 Å². The summed E-state index contributed by atoms with van der Waals surface area (Å²) < 4.78 is 7.37. The molecule has 1 aromatic carbocycles. The Hall–Kier alpha value is -3.35. The molecule has 0 bridgehead atoms. The van der Waals surface area contributed by atoms with Gasteiger partial charge in [-0.05, 0) is 43.7 Å². The fourth-order valence-corrected chi connectivity index (χ4v) is 2.91. The van der Waals surface area contributed by atoms with E-state index in [4.69, 9.17) is 4.74 Å². The molecule has 2 heterocycles. The summed E-state index contributed by atoms with van der Waals surface area (Å²) in [5.41, 5.74) is 2.99. The van der Waals surface area contributed by atoms with Gasteiger partial charge in [0.1, 0.15) is 5.69 Å². The summed E-state index contributed by atoms with van der Waals surface area (Å²) in [4.78, 5) is 28.8. The Bertz CT molecular complexity index is 994. The molecule has 0 aliphatic rings. The number of hydrogen-bond donors (Lipinski definition) is 2. The zero-order valence-electron chi connectivity index (χ0n) is 15.6. The Morgan fingerprint density at radius 3 is 2.52 bits per heavy atom. The number of rotatable bonds is 6. The molecule has 7 nitrogen and oxygen atoms in total. The van der Waals surface area contributed by atoms with Crippen molar-refractivity contribution in [2.24, 2.45) is 0 Å². The molecule has 0 fully saturated rings. The molecular weight excluding hydrogens is 344 g/mol. The average Bonchev–Trinajstić information content (AvgIpc) is 3.01. The highest BCUT2D eigenvalue weighted by Crippen LogP contribution is 2.24. The SMILES string of the molecule is CCOc1cccn2c(C(=O)Nc3cccc(NC(C)=O)c3)c(CC)nc12. The predicted molar refractivity (Wildman–Crippen MR) is 104 cm³/mol. The standard InChI is InChI=1S/C20H22N4O3/c1-4-16-18(24-11-7-10-17(27-5-2)19(24)23-16)20(26)22-15-9-6-8-14(12-15)21-13(3)25/h6-12H,4-5H2,1-3H3,(H,21,25)(H,22,26). The van der Waals surface area contributed by atoms with E-state index in [9.17, 15) is 9.59 Å². The van der Waals surface area contributed by atoms with Crippen molar-refractivity contribution in [1.29, 1.82) is 0 Å². The number of anilines is 2. The molecule has 2 N–H and O–H groups in total. The van der Waals surface area contributed by atoms with Crippen LogP contribution in [-0.2, 0) is 11.2 Å². The lowest BCUT2D eigenvalue weighted by molar-refractivity contribution is -0.114. The minimum Gasteiger partial charge on any atom is -0.490 e. The van der Waals surface area contributed by atoms with E-state index >= 15 is 0 Å². The Morgan fingerprint density at radius 2 is 1.85 bits per heavy atom. The molecular formula is C20H22N4O3. The van der Waals surface area contributed by atoms with Crippen molar-refractivity contribution in [2.75, 3.05) is 17.2 Å². The first-order valence-corrected chi connectivity index (χ1v) is 8.85. The number of fused-ring (bicyclic) bond motifs is 1. The van der Waals surface area contributed by atoms with Crippen LogP contribution in [-0.4, -0.2) is 27.8 Å². The lowest BCUT2D eigenvalue weighted by Gasteiger charge is -2.09. The molecule has 0 aliphatic carbocycles. The number of imidazole rings is 1. The number of carbonyl (C=O) groups is 2. The monoisotopic (exact) mass is 366 g/mol. The maximum atomic E-state index is 13.0. The number of aryl methyl sites for hydroxylation is 1. The molecule has 3 aromatic rings. The molecule has 0 radical (unpaired) electrons. The van der Waals surface area contributed by atoms with Crippen molar-refractivity contribution >= 4 is 28.8 Å². The largest absolute Gasteiger partial charge is 0.490 e. The summed E-state index contributed by atoms with van der Waals surface area (Å²) in [5, 5.41) is 5.59. The van der Waals surface area contributed by atoms with Gasteiger partial charge in [0.2, 0.25) is 5.91 Å². The van der Waals surface area contributed by atoms with Crippen LogP contribution < -0.4 is 15.4 Å². The van der Waals surface area contributed by atoms with Crippen LogP contribution in [0.25, 0.3) is 5.65 Å². The molecule has 0 saturated carbocycles. The second-order valence-corrected chi connectivity index (χ2v) is 5.98. The highest BCUT2D eigenvalue weighted by Gasteiger charge is 2.20. The number of ether oxygens (including phenoxy) is 1. The third kappa shape index (κ3) is 3.92. The first kappa shape index (κ1) is 18.4. The van der Waals surface area contributed by atoms with Crippen molar-refractivity contribution in [3.8, 4) is 5.75 Å². The lowest BCUT2D eigenvalue weighted by Crippen LogP contribution is -2.16. The summed E-state index contributed by atoms with van der Waals surface area (Å²) in [7, 11) is 0. The van der Waals surface area contributed by atoms with E-state index in [-0.39, 0.29) is 11.8 Å². The van der Waals surface area contributed by atoms with Crippen LogP contribution in [0.4, 0.5) is 11.4 Å². The summed E-state index contributed by atoms with van der Waals surface area (Å²) in [6, 6.07) is 10.7. The number of nitrogens with zero attached hydrogens (tertiary/aromatic N) is 2. The summed E-state index contributed by atoms with van der Waals surface area (Å²) in [5.74, 6) is 0.200. The van der Waals surface area contributed by atoms with Gasteiger partial charge in [0.15, 0.2) is 11.4 Å². The number of hydrogen-bond acceptors (Lipinski definition) is 4. The second-order valence-electron chi connectivity index (χ2n) is 5.98. The summed E-state index contributed by atoms with van der Waals surface area (Å²) in [6.07, 6.45) is 2.41. The van der Waals surface area contributed by atoms with Gasteiger partial charge in [0.05, 0.1) is 12.3 Å². The number of amides is 2. The zero-order valence-corrected chi connectivity index (χ0v) is 15.6. The molecule has 3 rings (SSSR count). The van der Waals surface area contributed by atoms with Crippen LogP contribution in [0.2, 0.25) is 0 Å². The van der Waals surface area contributed by atoms with E-state index in [1.165, 1.54) is 6.92 Å². The quantitative estimate of drug-likeness (QED) is 0.699. The third-order valence-corrected chi connectivity index (χ3v) is 3.98. The number of pyridine rings is 1. The van der Waals surface area contributed by atoms with Crippen LogP contribution in [0.15, 0.2) is 42.6 Å². The van der Waals surface area contributed by atoms with Gasteiger partial charge in [-0.2, -0.15) is 0 Å². The first-order valence-electron chi connectivity index (χ1n) is 8.85. The van der Waals surface area contributed by atoms with Crippen molar-refractivity contribution < 1.29 is 14.3 Å². The Kier molecular flexibility index (Phi) is 5.40. The number of nitrogens with one attached hydrogen (secondary N) is 2. The average molecular weight is 366 g/mol. The molecule has 2 amide bonds. The zero-order chi connectivity index (χ0) is 19.4. The van der Waals surface area contributed by atoms with Crippen molar-refractivity contribution in [3.63, 3.8) is 0 Å². The minimum absolute atomic E-state index is 0.169. The van der Waals surface area contributed by atoms with Crippen molar-refractivity contribution in [2.45, 2.75) is 27.2 Å². The normalized spacial score (nSPS) is 10.6. The molecule has 0 unspecified atom stereocenters. The smallest absolute Gasteiger partial charge is 0.274 e. The molecule has 7 heteroatoms. The van der Waals surface area contributed by atoms with Gasteiger partial charge >= 0.3 is 0 Å². The number of aromatic nitrogens is 2. The summed E-state index contributed by atoms with van der Waals surface area (Å²) >= 11 is 0. The molecule has 140 valence electrons. The minimum atomic E-state index is -0.270. The molecule has 2 aromatic heterocycles. The predicted octanol–water partition coefficient (Wildman–Crippen LogP) is 3.51. The van der Waals surface area contributed by atoms with Crippen LogP contribution in [0.1, 0.15) is 37.0 Å². The maximum absolute atomic E-state index is 13.0. The first-order chi connectivity index (χ1) is 13.0. The van der Waals surface area contributed by atoms with Gasteiger partial charge in [-0.1, -0.05) is 13.0 Å². The molecule has 0 spiro atoms. The topological polar surface area (TPSA) is 84.7 Å². The Labute approximate surface area is 157 Å². The van der Waals surface area contributed by atoms with Gasteiger partial charge in [-0.15, -0.1) is 0 Å². The fourth-order valence-electron chi connectivity index (χ4n) is 2.91. The van der Waals surface area contributed by atoms with Gasteiger partial charge in [0.25, 0.3) is 5.91 Å². The Balaban J connectivity index is 1.96. The molecule has 0 atom stereocenters. The molecule has 0 saturated heterocycles. The Morgan fingerprint density at radius 1 is 1.11 bits per heavy atom. The lowest BCUT2D eigenvalue weighted by atomic mass is 10.2. The maximum Gasteiger partial charge on any atom is 0.274 e. The highest BCUT2D eigenvalue weighted by molar-refractivity contribution is 6.05. The third-order valence-electron chi connectivity index (χ3n) is 3.98. The van der Waals surface area contributed by atoms with Crippen LogP contribution in [0.3, 0.4) is 0 Å². The fraction of sp³-hybridized carbons (Fsp3) is 0.250. The van der Waals surface area contributed by atoms with Crippen LogP contribution >= 0.6 is 0 Å². The van der Waals surface area contributed by atoms with Crippen LogP contribution in [0, 0.1) is 0 Å². The molecule has 0 aliphatic heterocycles. The van der Waals surface area contributed by atoms with Gasteiger partial charge in [0, 0.05) is 24.5 Å². The van der Waals surface area contributed by atoms with E-state index in [1.54, 1.807) is 34.9 Å². The van der Waals surface area contributed by atoms with E-state index < -0.39 is 0 Å². The van der Waals surface area contributed by atoms with E-state index in [1.807, 2.05) is 26.0 Å². The van der Waals surface area contributed by atoms with Crippen molar-refractivity contribution in [1.82, 2.24) is 9.38 Å².